The van der Waals surface area contributed by atoms with Crippen LogP contribution in [0, 0.1) is 37.4 Å². The number of hydrogen-bond acceptors (Lipinski definition) is 10. The first-order valence-electron chi connectivity index (χ1n) is 15.3. The van der Waals surface area contributed by atoms with Gasteiger partial charge < -0.3 is 20.1 Å². The summed E-state index contributed by atoms with van der Waals surface area (Å²) in [6, 6.07) is 4.67. The van der Waals surface area contributed by atoms with Crippen molar-refractivity contribution < 1.29 is 55.0 Å². The van der Waals surface area contributed by atoms with Gasteiger partial charge in [0.25, 0.3) is 11.5 Å². The third-order valence-electron chi connectivity index (χ3n) is 7.56. The molecule has 14 nitrogen and oxygen atoms in total. The number of sulfonamides is 1. The number of anilines is 1. The van der Waals surface area contributed by atoms with Gasteiger partial charge in [-0.15, -0.1) is 6.42 Å². The van der Waals surface area contributed by atoms with Crippen molar-refractivity contribution in [3.05, 3.63) is 69.0 Å². The molecule has 0 aliphatic heterocycles. The first-order chi connectivity index (χ1) is 24.0. The maximum absolute atomic E-state index is 15.3. The van der Waals surface area contributed by atoms with Crippen molar-refractivity contribution in [3.8, 4) is 12.3 Å². The Morgan fingerprint density at radius 1 is 1.12 bits per heavy atom. The van der Waals surface area contributed by atoms with Gasteiger partial charge in [0.1, 0.15) is 17.7 Å². The highest BCUT2D eigenvalue weighted by atomic mass is 32.2. The number of hydrogen-bond donors (Lipinski definition) is 3. The number of terminal acetylenes is 1. The summed E-state index contributed by atoms with van der Waals surface area (Å²) in [4.78, 5) is 68.0. The molecule has 19 heteroatoms. The summed E-state index contributed by atoms with van der Waals surface area (Å²) in [5.74, 6) is -3.52. The Hall–Kier alpha value is -5.51. The number of halogens is 4. The van der Waals surface area contributed by atoms with Crippen LogP contribution in [0.3, 0.4) is 0 Å². The third-order valence-corrected chi connectivity index (χ3v) is 8.67. The van der Waals surface area contributed by atoms with Gasteiger partial charge in [0.2, 0.25) is 5.91 Å². The molecule has 0 aliphatic carbocycles. The molecule has 0 saturated heterocycles. The van der Waals surface area contributed by atoms with Crippen molar-refractivity contribution in [1.29, 1.82) is 0 Å². The predicted molar refractivity (Wildman–Crippen MR) is 179 cm³/mol. The van der Waals surface area contributed by atoms with Gasteiger partial charge in [0.05, 0.1) is 28.4 Å². The highest BCUT2D eigenvalue weighted by Crippen LogP contribution is 2.25. The number of amides is 2. The molecule has 2 aromatic carbocycles. The van der Waals surface area contributed by atoms with Crippen LogP contribution < -0.4 is 20.5 Å². The van der Waals surface area contributed by atoms with Crippen molar-refractivity contribution in [2.75, 3.05) is 11.4 Å². The summed E-state index contributed by atoms with van der Waals surface area (Å²) in [5.41, 5.74) is -5.80. The molecular formula is C33H35F4N5O9S. The number of esters is 1. The number of carbonyl (C=O) groups excluding carboxylic acids is 3. The lowest BCUT2D eigenvalue weighted by Crippen LogP contribution is -2.43. The number of rotatable bonds is 13. The number of fused-ring (bicyclic) bond motifs is 1. The maximum Gasteiger partial charge on any atom is 0.516 e. The fourth-order valence-corrected chi connectivity index (χ4v) is 5.17. The summed E-state index contributed by atoms with van der Waals surface area (Å²) < 4.78 is 82.3. The molecule has 1 heterocycles. The average molecular weight is 754 g/mol. The Balaban J connectivity index is 1.83. The molecule has 0 saturated carbocycles. The second kappa shape index (κ2) is 15.8. The summed E-state index contributed by atoms with van der Waals surface area (Å²) in [6.45, 7) is 8.01. The van der Waals surface area contributed by atoms with Gasteiger partial charge in [-0.2, -0.15) is 21.6 Å². The van der Waals surface area contributed by atoms with Gasteiger partial charge in [-0.05, 0) is 82.5 Å². The van der Waals surface area contributed by atoms with Crippen LogP contribution in [-0.4, -0.2) is 64.9 Å². The van der Waals surface area contributed by atoms with Crippen molar-refractivity contribution in [3.63, 3.8) is 0 Å². The quantitative estimate of drug-likeness (QED) is 0.132. The zero-order chi connectivity index (χ0) is 39.3. The van der Waals surface area contributed by atoms with Gasteiger partial charge in [-0.1, -0.05) is 5.92 Å². The van der Waals surface area contributed by atoms with E-state index in [2.05, 4.69) is 10.9 Å². The van der Waals surface area contributed by atoms with E-state index < -0.39 is 80.5 Å². The molecule has 0 radical (unpaired) electrons. The van der Waals surface area contributed by atoms with Gasteiger partial charge in [0, 0.05) is 18.7 Å². The number of nitrogens with one attached hydrogen (secondary N) is 2. The van der Waals surface area contributed by atoms with Crippen molar-refractivity contribution in [1.82, 2.24) is 19.6 Å². The van der Waals surface area contributed by atoms with Crippen LogP contribution in [0.5, 0.6) is 0 Å². The van der Waals surface area contributed by atoms with Crippen LogP contribution in [0.15, 0.2) is 35.1 Å². The zero-order valence-electron chi connectivity index (χ0n) is 28.6. The van der Waals surface area contributed by atoms with E-state index in [0.29, 0.717) is 22.5 Å². The van der Waals surface area contributed by atoms with E-state index in [0.717, 1.165) is 16.9 Å². The van der Waals surface area contributed by atoms with E-state index in [1.165, 1.54) is 10.6 Å². The smallest absolute Gasteiger partial charge is 0.480 e. The normalized spacial score (nSPS) is 12.5. The monoisotopic (exact) mass is 753 g/mol. The predicted octanol–water partition coefficient (Wildman–Crippen LogP) is 3.27. The summed E-state index contributed by atoms with van der Waals surface area (Å²) >= 11 is 0. The molecule has 280 valence electrons. The van der Waals surface area contributed by atoms with Gasteiger partial charge in [-0.3, -0.25) is 23.7 Å². The van der Waals surface area contributed by atoms with Crippen LogP contribution >= 0.6 is 0 Å². The SMILES string of the molecule is C#CCN(Cc1cc2c(=O)n(COC(=O)C(C)(C)C)c(C)nc2cc1C)c1ccc(C(=O)N[C@@H](CCC(=O)NS(=O)(=O)C(F)(F)F)C(=O)O)c(F)c1. The first-order valence-corrected chi connectivity index (χ1v) is 16.8. The maximum atomic E-state index is 15.3. The minimum absolute atomic E-state index is 0.0521. The molecular weight excluding hydrogens is 718 g/mol. The molecule has 1 aromatic heterocycles. The van der Waals surface area contributed by atoms with E-state index in [1.54, 1.807) is 51.7 Å². The average Bonchev–Trinajstić information content (AvgIpc) is 3.01. The van der Waals surface area contributed by atoms with E-state index in [9.17, 15) is 50.7 Å². The Labute approximate surface area is 295 Å². The fraction of sp³-hybridized carbons (Fsp3) is 0.394. The van der Waals surface area contributed by atoms with Crippen molar-refractivity contribution >= 4 is 50.4 Å². The lowest BCUT2D eigenvalue weighted by Gasteiger charge is -2.24. The third kappa shape index (κ3) is 9.84. The largest absolute Gasteiger partial charge is 0.516 e. The number of nitrogens with zero attached hydrogens (tertiary/aromatic N) is 3. The lowest BCUT2D eigenvalue weighted by atomic mass is 9.98. The molecule has 0 unspecified atom stereocenters. The summed E-state index contributed by atoms with van der Waals surface area (Å²) in [7, 11) is -6.03. The standard InChI is InChI=1S/C33H35F4N5O9S/c1-7-12-41(16-20-14-23-26(13-18(20)2)38-19(3)42(29(23)45)17-51-31(48)32(4,5)6)21-8-9-22(24(34)15-21)28(44)39-25(30(46)47)10-11-27(43)40-52(49,50)33(35,36)37/h1,8-9,13-15,25H,10-12,16-17H2,2-6H3,(H,39,44)(H,40,43)(H,46,47)/t25-/m0/s1. The summed E-state index contributed by atoms with van der Waals surface area (Å²) in [5, 5.41) is 11.6. The van der Waals surface area contributed by atoms with Crippen LogP contribution in [-0.2, 0) is 42.4 Å². The number of carboxylic acids is 1. The molecule has 0 fully saturated rings. The van der Waals surface area contributed by atoms with E-state index in [1.807, 2.05) is 5.32 Å². The van der Waals surface area contributed by atoms with Gasteiger partial charge >= 0.3 is 27.5 Å². The van der Waals surface area contributed by atoms with Crippen molar-refractivity contribution in [2.24, 2.45) is 5.41 Å². The molecule has 0 bridgehead atoms. The summed E-state index contributed by atoms with van der Waals surface area (Å²) in [6.07, 6.45) is 3.70. The minimum Gasteiger partial charge on any atom is -0.480 e. The Kier molecular flexibility index (Phi) is 12.4. The number of aliphatic carboxylic acids is 1. The first kappa shape index (κ1) is 40.9. The highest BCUT2D eigenvalue weighted by Gasteiger charge is 2.47. The van der Waals surface area contributed by atoms with Crippen LogP contribution in [0.2, 0.25) is 0 Å². The number of aryl methyl sites for hydroxylation is 2. The molecule has 3 N–H and O–H groups in total. The molecule has 2 amide bonds. The van der Waals surface area contributed by atoms with E-state index >= 15 is 4.39 Å². The zero-order valence-corrected chi connectivity index (χ0v) is 29.4. The van der Waals surface area contributed by atoms with Gasteiger partial charge in [0.15, 0.2) is 6.73 Å². The lowest BCUT2D eigenvalue weighted by molar-refractivity contribution is -0.157. The molecule has 1 atom stereocenters. The minimum atomic E-state index is -6.03. The van der Waals surface area contributed by atoms with E-state index in [4.69, 9.17) is 11.2 Å². The number of ether oxygens (including phenoxy) is 1. The molecule has 52 heavy (non-hydrogen) atoms. The number of carbonyl (C=O) groups is 4. The van der Waals surface area contributed by atoms with Gasteiger partial charge in [-0.25, -0.2) is 18.9 Å². The number of benzene rings is 2. The Morgan fingerprint density at radius 3 is 2.33 bits per heavy atom. The topological polar surface area (TPSA) is 194 Å². The number of alkyl halides is 3. The Morgan fingerprint density at radius 2 is 1.77 bits per heavy atom. The molecule has 0 aliphatic rings. The van der Waals surface area contributed by atoms with E-state index in [-0.39, 0.29) is 30.9 Å². The fourth-order valence-electron chi connectivity index (χ4n) is 4.66. The van der Waals surface area contributed by atoms with Crippen molar-refractivity contribution in [2.45, 2.75) is 72.3 Å². The molecule has 3 rings (SSSR count). The highest BCUT2D eigenvalue weighted by molar-refractivity contribution is 7.90. The number of carboxylic acid groups (broad SMARTS) is 1. The van der Waals surface area contributed by atoms with Crippen LogP contribution in [0.1, 0.15) is 60.9 Å². The van der Waals surface area contributed by atoms with Crippen LogP contribution in [0.4, 0.5) is 23.2 Å². The molecule has 3 aromatic rings. The second-order valence-electron chi connectivity index (χ2n) is 12.6. The Bertz CT molecular complexity index is 2120. The second-order valence-corrected chi connectivity index (χ2v) is 14.3. The number of aromatic nitrogens is 2. The molecule has 0 spiro atoms. The van der Waals surface area contributed by atoms with Crippen LogP contribution in [0.25, 0.3) is 10.9 Å².